The number of carbonyl (C=O) groups excluding carboxylic acids is 1. The Bertz CT molecular complexity index is 435. The highest BCUT2D eigenvalue weighted by Gasteiger charge is 2.19. The molecule has 1 aliphatic rings. The average molecular weight is 203 g/mol. The Kier molecular flexibility index (Phi) is 2.54. The van der Waals surface area contributed by atoms with E-state index in [1.807, 2.05) is 32.1 Å². The van der Waals surface area contributed by atoms with Crippen LogP contribution in [0.2, 0.25) is 0 Å². The maximum Gasteiger partial charge on any atom is 0.229 e. The van der Waals surface area contributed by atoms with Crippen LogP contribution in [-0.4, -0.2) is 17.4 Å². The molecule has 0 atom stereocenters. The Labute approximate surface area is 88.8 Å². The molecule has 15 heavy (non-hydrogen) atoms. The van der Waals surface area contributed by atoms with Crippen LogP contribution in [0.3, 0.4) is 0 Å². The van der Waals surface area contributed by atoms with Gasteiger partial charge < -0.3 is 4.74 Å². The molecule has 0 saturated heterocycles. The number of aryl methyl sites for hydroxylation is 2. The van der Waals surface area contributed by atoms with Crippen LogP contribution < -0.4 is 0 Å². The predicted molar refractivity (Wildman–Crippen MR) is 56.7 cm³/mol. The van der Waals surface area contributed by atoms with Crippen LogP contribution in [0.25, 0.3) is 0 Å². The van der Waals surface area contributed by atoms with Crippen molar-refractivity contribution >= 4 is 5.78 Å². The summed E-state index contributed by atoms with van der Waals surface area (Å²) < 4.78 is 5.24. The van der Waals surface area contributed by atoms with Gasteiger partial charge in [-0.3, -0.25) is 9.78 Å². The molecule has 0 N–H and O–H groups in total. The van der Waals surface area contributed by atoms with E-state index >= 15 is 0 Å². The lowest BCUT2D eigenvalue weighted by Crippen LogP contribution is -2.07. The summed E-state index contributed by atoms with van der Waals surface area (Å²) in [7, 11) is 0. The van der Waals surface area contributed by atoms with E-state index in [9.17, 15) is 4.79 Å². The number of Topliss-reactive ketones (excluding diaryl/α,β-unsaturated/α-hetero) is 1. The minimum absolute atomic E-state index is 0.0579. The van der Waals surface area contributed by atoms with Crippen LogP contribution in [0.5, 0.6) is 0 Å². The SMILES string of the molecule is Cc1ccc(C(=O)C2=CCCO2)c(C)n1. The zero-order valence-electron chi connectivity index (χ0n) is 8.91. The fourth-order valence-corrected chi connectivity index (χ4v) is 1.64. The molecule has 0 aliphatic carbocycles. The number of aromatic nitrogens is 1. The number of hydrogen-bond donors (Lipinski definition) is 0. The van der Waals surface area contributed by atoms with Crippen molar-refractivity contribution in [3.63, 3.8) is 0 Å². The van der Waals surface area contributed by atoms with Crippen molar-refractivity contribution in [3.8, 4) is 0 Å². The number of carbonyl (C=O) groups is 1. The van der Waals surface area contributed by atoms with E-state index < -0.39 is 0 Å². The van der Waals surface area contributed by atoms with Gasteiger partial charge in [0.05, 0.1) is 6.61 Å². The fourth-order valence-electron chi connectivity index (χ4n) is 1.64. The monoisotopic (exact) mass is 203 g/mol. The van der Waals surface area contributed by atoms with E-state index in [1.54, 1.807) is 0 Å². The van der Waals surface area contributed by atoms with Gasteiger partial charge in [-0.15, -0.1) is 0 Å². The first-order valence-corrected chi connectivity index (χ1v) is 5.00. The van der Waals surface area contributed by atoms with E-state index in [4.69, 9.17) is 4.74 Å². The molecule has 0 amide bonds. The van der Waals surface area contributed by atoms with Gasteiger partial charge in [0.2, 0.25) is 5.78 Å². The van der Waals surface area contributed by atoms with E-state index in [2.05, 4.69) is 4.98 Å². The first-order chi connectivity index (χ1) is 7.18. The molecule has 3 nitrogen and oxygen atoms in total. The first kappa shape index (κ1) is 9.90. The van der Waals surface area contributed by atoms with Crippen LogP contribution in [-0.2, 0) is 4.74 Å². The average Bonchev–Trinajstić information content (AvgIpc) is 2.69. The Balaban J connectivity index is 2.33. The van der Waals surface area contributed by atoms with Gasteiger partial charge in [0, 0.05) is 23.4 Å². The van der Waals surface area contributed by atoms with Crippen molar-refractivity contribution in [2.75, 3.05) is 6.61 Å². The highest BCUT2D eigenvalue weighted by molar-refractivity contribution is 6.08. The summed E-state index contributed by atoms with van der Waals surface area (Å²) in [6, 6.07) is 3.65. The number of ether oxygens (including phenoxy) is 1. The van der Waals surface area contributed by atoms with E-state index in [0.717, 1.165) is 17.8 Å². The molecule has 0 fully saturated rings. The number of nitrogens with zero attached hydrogens (tertiary/aromatic N) is 1. The number of pyridine rings is 1. The molecule has 78 valence electrons. The topological polar surface area (TPSA) is 39.2 Å². The lowest BCUT2D eigenvalue weighted by atomic mass is 10.1. The number of allylic oxidation sites excluding steroid dienone is 1. The van der Waals surface area contributed by atoms with Crippen molar-refractivity contribution in [2.24, 2.45) is 0 Å². The van der Waals surface area contributed by atoms with E-state index in [1.165, 1.54) is 0 Å². The lowest BCUT2D eigenvalue weighted by molar-refractivity contribution is 0.0941. The minimum atomic E-state index is -0.0579. The summed E-state index contributed by atoms with van der Waals surface area (Å²) in [6.45, 7) is 4.36. The van der Waals surface area contributed by atoms with E-state index in [0.29, 0.717) is 17.9 Å². The van der Waals surface area contributed by atoms with Crippen molar-refractivity contribution < 1.29 is 9.53 Å². The third-order valence-electron chi connectivity index (χ3n) is 2.40. The number of hydrogen-bond acceptors (Lipinski definition) is 3. The molecule has 3 heteroatoms. The molecular weight excluding hydrogens is 190 g/mol. The Morgan fingerprint density at radius 1 is 1.40 bits per heavy atom. The molecule has 0 spiro atoms. The Hall–Kier alpha value is -1.64. The van der Waals surface area contributed by atoms with Crippen LogP contribution in [0.4, 0.5) is 0 Å². The van der Waals surface area contributed by atoms with Gasteiger partial charge in [0.15, 0.2) is 5.76 Å². The first-order valence-electron chi connectivity index (χ1n) is 5.00. The number of ketones is 1. The van der Waals surface area contributed by atoms with Gasteiger partial charge in [-0.05, 0) is 32.1 Å². The fraction of sp³-hybridized carbons (Fsp3) is 0.333. The zero-order valence-corrected chi connectivity index (χ0v) is 8.91. The lowest BCUT2D eigenvalue weighted by Gasteiger charge is -2.06. The molecule has 0 unspecified atom stereocenters. The van der Waals surface area contributed by atoms with Gasteiger partial charge >= 0.3 is 0 Å². The van der Waals surface area contributed by atoms with Crippen LogP contribution in [0.15, 0.2) is 24.0 Å². The molecule has 0 radical (unpaired) electrons. The molecule has 0 saturated carbocycles. The van der Waals surface area contributed by atoms with Gasteiger partial charge in [0.1, 0.15) is 0 Å². The second-order valence-electron chi connectivity index (χ2n) is 3.62. The zero-order chi connectivity index (χ0) is 10.8. The standard InChI is InChI=1S/C12H13NO2/c1-8-5-6-10(9(2)13-8)12(14)11-4-3-7-15-11/h4-6H,3,7H2,1-2H3. The molecular formula is C12H13NO2. The Morgan fingerprint density at radius 2 is 2.20 bits per heavy atom. The van der Waals surface area contributed by atoms with Gasteiger partial charge in [-0.25, -0.2) is 0 Å². The second kappa shape index (κ2) is 3.85. The van der Waals surface area contributed by atoms with Gasteiger partial charge in [-0.2, -0.15) is 0 Å². The molecule has 0 aromatic carbocycles. The molecule has 2 rings (SSSR count). The Morgan fingerprint density at radius 3 is 2.80 bits per heavy atom. The highest BCUT2D eigenvalue weighted by Crippen LogP contribution is 2.17. The largest absolute Gasteiger partial charge is 0.489 e. The van der Waals surface area contributed by atoms with Crippen LogP contribution in [0.1, 0.15) is 28.2 Å². The van der Waals surface area contributed by atoms with E-state index in [-0.39, 0.29) is 5.78 Å². The molecule has 1 aromatic heterocycles. The van der Waals surface area contributed by atoms with Gasteiger partial charge in [0.25, 0.3) is 0 Å². The highest BCUT2D eigenvalue weighted by atomic mass is 16.5. The summed E-state index contributed by atoms with van der Waals surface area (Å²) in [4.78, 5) is 16.2. The van der Waals surface area contributed by atoms with Crippen molar-refractivity contribution in [1.29, 1.82) is 0 Å². The second-order valence-corrected chi connectivity index (χ2v) is 3.62. The van der Waals surface area contributed by atoms with Crippen molar-refractivity contribution in [3.05, 3.63) is 40.9 Å². The van der Waals surface area contributed by atoms with Crippen LogP contribution in [0, 0.1) is 13.8 Å². The van der Waals surface area contributed by atoms with Gasteiger partial charge in [-0.1, -0.05) is 0 Å². The van der Waals surface area contributed by atoms with Crippen molar-refractivity contribution in [2.45, 2.75) is 20.3 Å². The van der Waals surface area contributed by atoms with Crippen LogP contribution >= 0.6 is 0 Å². The molecule has 0 bridgehead atoms. The summed E-state index contributed by atoms with van der Waals surface area (Å²) in [5, 5.41) is 0. The summed E-state index contributed by atoms with van der Waals surface area (Å²) >= 11 is 0. The number of rotatable bonds is 2. The molecule has 1 aromatic rings. The van der Waals surface area contributed by atoms with Crippen molar-refractivity contribution in [1.82, 2.24) is 4.98 Å². The normalized spacial score (nSPS) is 14.7. The molecule has 1 aliphatic heterocycles. The maximum atomic E-state index is 11.9. The predicted octanol–water partition coefficient (Wildman–Crippen LogP) is 2.19. The minimum Gasteiger partial charge on any atom is -0.489 e. The summed E-state index contributed by atoms with van der Waals surface area (Å²) in [5.41, 5.74) is 2.32. The summed E-state index contributed by atoms with van der Waals surface area (Å²) in [5.74, 6) is 0.404. The maximum absolute atomic E-state index is 11.9. The quantitative estimate of drug-likeness (QED) is 0.691. The third-order valence-corrected chi connectivity index (χ3v) is 2.40. The molecule has 2 heterocycles. The smallest absolute Gasteiger partial charge is 0.229 e. The summed E-state index contributed by atoms with van der Waals surface area (Å²) in [6.07, 6.45) is 2.65. The third kappa shape index (κ3) is 1.91.